The zero-order valence-corrected chi connectivity index (χ0v) is 8.42. The lowest BCUT2D eigenvalue weighted by Gasteiger charge is -2.24. The number of nitrogens with zero attached hydrogens (tertiary/aromatic N) is 1. The van der Waals surface area contributed by atoms with Crippen molar-refractivity contribution in [2.75, 3.05) is 19.6 Å². The van der Waals surface area contributed by atoms with E-state index in [2.05, 4.69) is 17.1 Å². The van der Waals surface area contributed by atoms with E-state index in [-0.39, 0.29) is 6.04 Å². The normalized spacial score (nSPS) is 39.4. The molecule has 0 aromatic heterocycles. The van der Waals surface area contributed by atoms with Crippen LogP contribution >= 0.6 is 0 Å². The monoisotopic (exact) mass is 182 g/mol. The quantitative estimate of drug-likeness (QED) is 0.665. The second kappa shape index (κ2) is 3.39. The third-order valence-corrected chi connectivity index (χ3v) is 3.43. The highest BCUT2D eigenvalue weighted by atomic mass is 16.1. The van der Waals surface area contributed by atoms with Gasteiger partial charge in [-0.05, 0) is 32.4 Å². The van der Waals surface area contributed by atoms with Gasteiger partial charge < -0.3 is 5.32 Å². The number of likely N-dealkylation sites (tertiary alicyclic amines) is 1. The van der Waals surface area contributed by atoms with E-state index in [0.717, 1.165) is 19.6 Å². The molecule has 74 valence electrons. The molecule has 2 rings (SSSR count). The van der Waals surface area contributed by atoms with E-state index in [1.165, 1.54) is 6.42 Å². The van der Waals surface area contributed by atoms with E-state index >= 15 is 0 Å². The van der Waals surface area contributed by atoms with Crippen LogP contribution in [-0.2, 0) is 4.79 Å². The minimum absolute atomic E-state index is 0.150. The summed E-state index contributed by atoms with van der Waals surface area (Å²) < 4.78 is 0. The lowest BCUT2D eigenvalue weighted by atomic mass is 9.98. The fraction of sp³-hybridized carbons (Fsp3) is 0.900. The first-order valence-electron chi connectivity index (χ1n) is 5.22. The van der Waals surface area contributed by atoms with Crippen molar-refractivity contribution >= 4 is 5.78 Å². The predicted octanol–water partition coefficient (Wildman–Crippen LogP) is 0.258. The molecule has 13 heavy (non-hydrogen) atoms. The van der Waals surface area contributed by atoms with E-state index in [9.17, 15) is 4.79 Å². The molecule has 0 bridgehead atoms. The van der Waals surface area contributed by atoms with Crippen molar-refractivity contribution in [1.29, 1.82) is 0 Å². The standard InChI is InChI=1S/C10H18N2O/c1-3-12-6-8-4-5-11-9(8)10(12)7(2)13/h8-11H,3-6H2,1-2H3. The van der Waals surface area contributed by atoms with Crippen molar-refractivity contribution in [3.8, 4) is 0 Å². The lowest BCUT2D eigenvalue weighted by molar-refractivity contribution is -0.121. The summed E-state index contributed by atoms with van der Waals surface area (Å²) in [7, 11) is 0. The van der Waals surface area contributed by atoms with E-state index < -0.39 is 0 Å². The van der Waals surface area contributed by atoms with Gasteiger partial charge >= 0.3 is 0 Å². The molecule has 2 heterocycles. The summed E-state index contributed by atoms with van der Waals surface area (Å²) in [5.74, 6) is 1.04. The molecule has 3 atom stereocenters. The molecule has 0 amide bonds. The summed E-state index contributed by atoms with van der Waals surface area (Å²) >= 11 is 0. The fourth-order valence-corrected chi connectivity index (χ4v) is 2.83. The number of carbonyl (C=O) groups is 1. The van der Waals surface area contributed by atoms with Gasteiger partial charge in [0.2, 0.25) is 0 Å². The van der Waals surface area contributed by atoms with Crippen LogP contribution in [0.25, 0.3) is 0 Å². The van der Waals surface area contributed by atoms with Gasteiger partial charge in [0.1, 0.15) is 5.78 Å². The van der Waals surface area contributed by atoms with Crippen molar-refractivity contribution in [2.24, 2.45) is 5.92 Å². The van der Waals surface area contributed by atoms with Gasteiger partial charge in [-0.15, -0.1) is 0 Å². The molecule has 0 aliphatic carbocycles. The predicted molar refractivity (Wildman–Crippen MR) is 51.6 cm³/mol. The maximum absolute atomic E-state index is 11.5. The largest absolute Gasteiger partial charge is 0.312 e. The Hall–Kier alpha value is -0.410. The van der Waals surface area contributed by atoms with Crippen LogP contribution in [0.3, 0.4) is 0 Å². The summed E-state index contributed by atoms with van der Waals surface area (Å²) in [4.78, 5) is 13.8. The van der Waals surface area contributed by atoms with Crippen LogP contribution in [0.1, 0.15) is 20.3 Å². The van der Waals surface area contributed by atoms with Crippen LogP contribution in [-0.4, -0.2) is 42.4 Å². The van der Waals surface area contributed by atoms with Crippen LogP contribution < -0.4 is 5.32 Å². The van der Waals surface area contributed by atoms with Gasteiger partial charge in [-0.25, -0.2) is 0 Å². The van der Waals surface area contributed by atoms with Crippen LogP contribution in [0.5, 0.6) is 0 Å². The molecule has 0 saturated carbocycles. The van der Waals surface area contributed by atoms with E-state index in [1.807, 2.05) is 0 Å². The van der Waals surface area contributed by atoms with E-state index in [1.54, 1.807) is 6.92 Å². The first kappa shape index (κ1) is 9.16. The van der Waals surface area contributed by atoms with Gasteiger partial charge in [0.25, 0.3) is 0 Å². The summed E-state index contributed by atoms with van der Waals surface area (Å²) in [5.41, 5.74) is 0. The van der Waals surface area contributed by atoms with Gasteiger partial charge in [-0.2, -0.15) is 0 Å². The van der Waals surface area contributed by atoms with E-state index in [0.29, 0.717) is 17.7 Å². The summed E-state index contributed by atoms with van der Waals surface area (Å²) in [6, 6.07) is 0.593. The number of hydrogen-bond acceptors (Lipinski definition) is 3. The molecule has 0 radical (unpaired) electrons. The van der Waals surface area contributed by atoms with Crippen molar-refractivity contribution in [1.82, 2.24) is 10.2 Å². The van der Waals surface area contributed by atoms with Crippen molar-refractivity contribution in [3.63, 3.8) is 0 Å². The van der Waals surface area contributed by atoms with Gasteiger partial charge in [0, 0.05) is 12.6 Å². The highest BCUT2D eigenvalue weighted by Gasteiger charge is 2.45. The Labute approximate surface area is 79.5 Å². The van der Waals surface area contributed by atoms with Crippen LogP contribution in [0.15, 0.2) is 0 Å². The third-order valence-electron chi connectivity index (χ3n) is 3.43. The van der Waals surface area contributed by atoms with Gasteiger partial charge in [0.15, 0.2) is 0 Å². The first-order valence-corrected chi connectivity index (χ1v) is 5.22. The molecule has 2 aliphatic heterocycles. The minimum atomic E-state index is 0.150. The van der Waals surface area contributed by atoms with Crippen LogP contribution in [0.2, 0.25) is 0 Å². The molecule has 0 aromatic rings. The Morgan fingerprint density at radius 3 is 3.00 bits per heavy atom. The zero-order chi connectivity index (χ0) is 9.42. The molecule has 1 N–H and O–H groups in total. The maximum atomic E-state index is 11.5. The number of rotatable bonds is 2. The summed E-state index contributed by atoms with van der Waals surface area (Å²) in [6.45, 7) is 7.06. The number of nitrogens with one attached hydrogen (secondary N) is 1. The minimum Gasteiger partial charge on any atom is -0.312 e. The number of hydrogen-bond donors (Lipinski definition) is 1. The van der Waals surface area contributed by atoms with Crippen molar-refractivity contribution in [2.45, 2.75) is 32.4 Å². The summed E-state index contributed by atoms with van der Waals surface area (Å²) in [5, 5.41) is 3.45. The molecule has 3 nitrogen and oxygen atoms in total. The number of likely N-dealkylation sites (N-methyl/N-ethyl adjacent to an activating group) is 1. The molecule has 3 heteroatoms. The molecule has 2 saturated heterocycles. The number of Topliss-reactive ketones (excluding diaryl/α,β-unsaturated/α-hetero) is 1. The number of carbonyl (C=O) groups excluding carboxylic acids is 1. The van der Waals surface area contributed by atoms with Crippen LogP contribution in [0, 0.1) is 5.92 Å². The van der Waals surface area contributed by atoms with Crippen LogP contribution in [0.4, 0.5) is 0 Å². The highest BCUT2D eigenvalue weighted by molar-refractivity contribution is 5.82. The molecule has 0 aromatic carbocycles. The Bertz CT molecular complexity index is 217. The second-order valence-corrected chi connectivity index (χ2v) is 4.17. The average Bonchev–Trinajstić information content (AvgIpc) is 2.59. The molecule has 2 fully saturated rings. The topological polar surface area (TPSA) is 32.3 Å². The Morgan fingerprint density at radius 2 is 2.38 bits per heavy atom. The molecular weight excluding hydrogens is 164 g/mol. The SMILES string of the molecule is CCN1CC2CCNC2C1C(C)=O. The first-order chi connectivity index (χ1) is 6.24. The molecular formula is C10H18N2O. The van der Waals surface area contributed by atoms with Gasteiger partial charge in [-0.1, -0.05) is 6.92 Å². The average molecular weight is 182 g/mol. The Kier molecular flexibility index (Phi) is 2.39. The molecule has 2 aliphatic rings. The maximum Gasteiger partial charge on any atom is 0.148 e. The summed E-state index contributed by atoms with van der Waals surface area (Å²) in [6.07, 6.45) is 1.24. The smallest absolute Gasteiger partial charge is 0.148 e. The van der Waals surface area contributed by atoms with Crippen molar-refractivity contribution in [3.05, 3.63) is 0 Å². The van der Waals surface area contributed by atoms with Gasteiger partial charge in [-0.3, -0.25) is 9.69 Å². The third kappa shape index (κ3) is 1.40. The lowest BCUT2D eigenvalue weighted by Crippen LogP contribution is -2.45. The van der Waals surface area contributed by atoms with E-state index in [4.69, 9.17) is 0 Å². The fourth-order valence-electron chi connectivity index (χ4n) is 2.83. The highest BCUT2D eigenvalue weighted by Crippen LogP contribution is 2.30. The number of fused-ring (bicyclic) bond motifs is 1. The Morgan fingerprint density at radius 1 is 1.62 bits per heavy atom. The van der Waals surface area contributed by atoms with Crippen molar-refractivity contribution < 1.29 is 4.79 Å². The zero-order valence-electron chi connectivity index (χ0n) is 8.42. The second-order valence-electron chi connectivity index (χ2n) is 4.17. The molecule has 3 unspecified atom stereocenters. The Balaban J connectivity index is 2.14. The number of ketones is 1. The molecule has 0 spiro atoms. The van der Waals surface area contributed by atoms with Gasteiger partial charge in [0.05, 0.1) is 6.04 Å².